The van der Waals surface area contributed by atoms with Gasteiger partial charge in [0.25, 0.3) is 0 Å². The van der Waals surface area contributed by atoms with Crippen LogP contribution in [0, 0.1) is 23.2 Å². The number of Topliss-reactive ketones (excluding diaryl/α,β-unsaturated/α-hetero) is 1. The molecule has 1 aliphatic heterocycles. The Bertz CT molecular complexity index is 570. The van der Waals surface area contributed by atoms with Crippen LogP contribution in [0.5, 0.6) is 0 Å². The van der Waals surface area contributed by atoms with E-state index in [2.05, 4.69) is 29.6 Å². The van der Waals surface area contributed by atoms with Gasteiger partial charge in [-0.1, -0.05) is 18.2 Å². The fourth-order valence-electron chi connectivity index (χ4n) is 6.30. The first-order valence-corrected chi connectivity index (χ1v) is 8.61. The molecule has 4 bridgehead atoms. The minimum atomic E-state index is 0.0402. The molecule has 1 atom stereocenters. The van der Waals surface area contributed by atoms with Crippen molar-refractivity contribution in [1.82, 2.24) is 0 Å². The zero-order valence-electron chi connectivity index (χ0n) is 12.5. The summed E-state index contributed by atoms with van der Waals surface area (Å²) >= 11 is 0. The summed E-state index contributed by atoms with van der Waals surface area (Å²) in [6, 6.07) is 8.40. The van der Waals surface area contributed by atoms with Crippen LogP contribution in [0.2, 0.25) is 0 Å². The summed E-state index contributed by atoms with van der Waals surface area (Å²) in [5.41, 5.74) is 2.47. The second-order valence-electron chi connectivity index (χ2n) is 8.08. The lowest BCUT2D eigenvalue weighted by atomic mass is 9.47. The largest absolute Gasteiger partial charge is 0.384 e. The number of rotatable bonds is 2. The average molecular weight is 281 g/mol. The number of hydrogen-bond donors (Lipinski definition) is 1. The van der Waals surface area contributed by atoms with Gasteiger partial charge in [0.05, 0.1) is 5.92 Å². The van der Waals surface area contributed by atoms with Crippen LogP contribution in [0.1, 0.15) is 50.0 Å². The van der Waals surface area contributed by atoms with Crippen LogP contribution in [0.15, 0.2) is 24.3 Å². The molecule has 0 amide bonds. The van der Waals surface area contributed by atoms with Gasteiger partial charge in [0.1, 0.15) is 5.78 Å². The third-order valence-electron chi connectivity index (χ3n) is 6.71. The molecular weight excluding hydrogens is 258 g/mol. The Hall–Kier alpha value is -1.31. The number of hydrogen-bond acceptors (Lipinski definition) is 2. The van der Waals surface area contributed by atoms with E-state index in [4.69, 9.17) is 0 Å². The van der Waals surface area contributed by atoms with Crippen LogP contribution in [0.4, 0.5) is 5.69 Å². The zero-order chi connectivity index (χ0) is 14.0. The quantitative estimate of drug-likeness (QED) is 0.888. The zero-order valence-corrected chi connectivity index (χ0v) is 12.5. The SMILES string of the molecule is O=C(C1CNc2ccccc21)C12CC3CC(CC(C3)C1)C2. The molecule has 2 nitrogen and oxygen atoms in total. The summed E-state index contributed by atoms with van der Waals surface area (Å²) in [6.45, 7) is 0.819. The smallest absolute Gasteiger partial charge is 0.148 e. The minimum absolute atomic E-state index is 0.0402. The molecular formula is C19H23NO. The Morgan fingerprint density at radius 2 is 1.62 bits per heavy atom. The molecule has 4 fully saturated rings. The summed E-state index contributed by atoms with van der Waals surface area (Å²) in [5, 5.41) is 3.44. The van der Waals surface area contributed by atoms with E-state index in [1.54, 1.807) is 0 Å². The van der Waals surface area contributed by atoms with Crippen molar-refractivity contribution < 1.29 is 4.79 Å². The molecule has 0 saturated heterocycles. The van der Waals surface area contributed by atoms with Crippen molar-refractivity contribution in [2.75, 3.05) is 11.9 Å². The van der Waals surface area contributed by atoms with Crippen molar-refractivity contribution in [1.29, 1.82) is 0 Å². The highest BCUT2D eigenvalue weighted by Gasteiger charge is 2.56. The van der Waals surface area contributed by atoms with E-state index in [1.807, 2.05) is 0 Å². The fourth-order valence-corrected chi connectivity index (χ4v) is 6.30. The Balaban J connectivity index is 1.50. The van der Waals surface area contributed by atoms with Gasteiger partial charge in [-0.25, -0.2) is 0 Å². The summed E-state index contributed by atoms with van der Waals surface area (Å²) in [4.78, 5) is 13.4. The van der Waals surface area contributed by atoms with Crippen molar-refractivity contribution in [3.05, 3.63) is 29.8 Å². The molecule has 21 heavy (non-hydrogen) atoms. The Labute approximate surface area is 126 Å². The van der Waals surface area contributed by atoms with Crippen LogP contribution in [-0.2, 0) is 4.79 Å². The van der Waals surface area contributed by atoms with E-state index in [-0.39, 0.29) is 11.3 Å². The summed E-state index contributed by atoms with van der Waals surface area (Å²) in [5.74, 6) is 3.23. The van der Waals surface area contributed by atoms with Crippen molar-refractivity contribution >= 4 is 11.5 Å². The molecule has 0 radical (unpaired) electrons. The van der Waals surface area contributed by atoms with E-state index in [0.717, 1.165) is 24.3 Å². The first-order valence-electron chi connectivity index (χ1n) is 8.61. The Morgan fingerprint density at radius 1 is 1.00 bits per heavy atom. The molecule has 2 heteroatoms. The van der Waals surface area contributed by atoms with Gasteiger partial charge < -0.3 is 5.32 Å². The van der Waals surface area contributed by atoms with Gasteiger partial charge in [-0.15, -0.1) is 0 Å². The number of ketones is 1. The number of para-hydroxylation sites is 1. The van der Waals surface area contributed by atoms with Crippen molar-refractivity contribution in [2.24, 2.45) is 23.2 Å². The molecule has 0 spiro atoms. The number of benzene rings is 1. The van der Waals surface area contributed by atoms with Gasteiger partial charge in [0, 0.05) is 17.6 Å². The molecule has 5 aliphatic rings. The molecule has 0 aromatic heterocycles. The van der Waals surface area contributed by atoms with Crippen molar-refractivity contribution in [3.8, 4) is 0 Å². The topological polar surface area (TPSA) is 29.1 Å². The molecule has 1 N–H and O–H groups in total. The minimum Gasteiger partial charge on any atom is -0.384 e. The van der Waals surface area contributed by atoms with Crippen LogP contribution in [0.25, 0.3) is 0 Å². The third kappa shape index (κ3) is 1.68. The molecule has 4 saturated carbocycles. The number of carbonyl (C=O) groups excluding carboxylic acids is 1. The van der Waals surface area contributed by atoms with Crippen molar-refractivity contribution in [2.45, 2.75) is 44.4 Å². The summed E-state index contributed by atoms with van der Waals surface area (Å²) in [7, 11) is 0. The van der Waals surface area contributed by atoms with Gasteiger partial charge >= 0.3 is 0 Å². The summed E-state index contributed by atoms with van der Waals surface area (Å²) in [6.07, 6.45) is 7.80. The van der Waals surface area contributed by atoms with Gasteiger partial charge in [0.15, 0.2) is 0 Å². The predicted molar refractivity (Wildman–Crippen MR) is 83.3 cm³/mol. The highest BCUT2D eigenvalue weighted by molar-refractivity contribution is 5.94. The first-order chi connectivity index (χ1) is 10.2. The number of nitrogens with one attached hydrogen (secondary N) is 1. The van der Waals surface area contributed by atoms with Crippen LogP contribution < -0.4 is 5.32 Å². The first kappa shape index (κ1) is 12.3. The lowest BCUT2D eigenvalue weighted by molar-refractivity contribution is -0.145. The van der Waals surface area contributed by atoms with Gasteiger partial charge in [-0.3, -0.25) is 4.79 Å². The van der Waals surface area contributed by atoms with Crippen LogP contribution in [-0.4, -0.2) is 12.3 Å². The lowest BCUT2D eigenvalue weighted by Gasteiger charge is -2.56. The van der Waals surface area contributed by atoms with E-state index in [1.165, 1.54) is 49.8 Å². The monoisotopic (exact) mass is 281 g/mol. The molecule has 1 aromatic rings. The van der Waals surface area contributed by atoms with Crippen LogP contribution in [0.3, 0.4) is 0 Å². The van der Waals surface area contributed by atoms with E-state index in [9.17, 15) is 4.79 Å². The normalized spacial score (nSPS) is 42.7. The molecule has 1 aromatic carbocycles. The number of fused-ring (bicyclic) bond motifs is 1. The van der Waals surface area contributed by atoms with Gasteiger partial charge in [-0.2, -0.15) is 0 Å². The second-order valence-corrected chi connectivity index (χ2v) is 8.08. The van der Waals surface area contributed by atoms with Crippen molar-refractivity contribution in [3.63, 3.8) is 0 Å². The Morgan fingerprint density at radius 3 is 2.29 bits per heavy atom. The lowest BCUT2D eigenvalue weighted by Crippen LogP contribution is -2.51. The standard InChI is InChI=1S/C19H23NO/c21-18(16-11-20-17-4-2-1-3-15(16)17)19-8-12-5-13(9-19)7-14(6-12)10-19/h1-4,12-14,16,20H,5-11H2. The average Bonchev–Trinajstić information content (AvgIpc) is 2.89. The molecule has 6 rings (SSSR count). The highest BCUT2D eigenvalue weighted by Crippen LogP contribution is 2.61. The maximum absolute atomic E-state index is 13.4. The molecule has 110 valence electrons. The predicted octanol–water partition coefficient (Wildman–Crippen LogP) is 3.98. The van der Waals surface area contributed by atoms with E-state index in [0.29, 0.717) is 5.78 Å². The van der Waals surface area contributed by atoms with E-state index < -0.39 is 0 Å². The van der Waals surface area contributed by atoms with E-state index >= 15 is 0 Å². The third-order valence-corrected chi connectivity index (χ3v) is 6.71. The molecule has 4 aliphatic carbocycles. The molecule has 1 heterocycles. The second kappa shape index (κ2) is 4.12. The molecule has 1 unspecified atom stereocenters. The number of carbonyl (C=O) groups is 1. The Kier molecular flexibility index (Phi) is 2.40. The number of anilines is 1. The van der Waals surface area contributed by atoms with Gasteiger partial charge in [-0.05, 0) is 67.9 Å². The van der Waals surface area contributed by atoms with Gasteiger partial charge in [0.2, 0.25) is 0 Å². The highest BCUT2D eigenvalue weighted by atomic mass is 16.1. The maximum atomic E-state index is 13.4. The maximum Gasteiger partial charge on any atom is 0.148 e. The van der Waals surface area contributed by atoms with Crippen LogP contribution >= 0.6 is 0 Å². The fraction of sp³-hybridized carbons (Fsp3) is 0.632. The summed E-state index contributed by atoms with van der Waals surface area (Å²) < 4.78 is 0.